The van der Waals surface area contributed by atoms with Crippen molar-refractivity contribution in [3.63, 3.8) is 0 Å². The van der Waals surface area contributed by atoms with Gasteiger partial charge >= 0.3 is 0 Å². The van der Waals surface area contributed by atoms with Crippen LogP contribution < -0.4 is 0 Å². The van der Waals surface area contributed by atoms with Gasteiger partial charge in [0.05, 0.1) is 0 Å². The molecule has 0 aromatic carbocycles. The lowest BCUT2D eigenvalue weighted by Gasteiger charge is -3.04. The van der Waals surface area contributed by atoms with E-state index in [1.165, 1.54) is 0 Å². The van der Waals surface area contributed by atoms with Crippen molar-refractivity contribution in [3.8, 4) is 0 Å². The standard InChI is InChI=1S/C21H30/c1-9-7-13-16-14(9)21-11(3)15-10(2)18(6)17(16,5)12(4)19(13,21)8-20(15,18)21/h9-16H,7-8H2,1-6H3. The lowest BCUT2D eigenvalue weighted by molar-refractivity contribution is -0.580. The number of fused-ring (bicyclic) bond motifs is 1. The highest BCUT2D eigenvalue weighted by atomic mass is 15.1. The van der Waals surface area contributed by atoms with E-state index in [1.807, 2.05) is 0 Å². The van der Waals surface area contributed by atoms with E-state index in [1.54, 1.807) is 12.8 Å². The van der Waals surface area contributed by atoms with Gasteiger partial charge in [0.2, 0.25) is 0 Å². The summed E-state index contributed by atoms with van der Waals surface area (Å²) in [6, 6.07) is 0. The summed E-state index contributed by atoms with van der Waals surface area (Å²) in [4.78, 5) is 0. The molecule has 7 aliphatic carbocycles. The SMILES string of the molecule is CC1CC2C3C1C14C(C)C5C(C)C6(C)C3(C)C(C)C21CC564. The zero-order chi connectivity index (χ0) is 14.5. The van der Waals surface area contributed by atoms with Gasteiger partial charge in [-0.3, -0.25) is 0 Å². The number of rotatable bonds is 0. The molecule has 0 nitrogen and oxygen atoms in total. The topological polar surface area (TPSA) is 0 Å². The van der Waals surface area contributed by atoms with Gasteiger partial charge in [-0.2, -0.15) is 0 Å². The third kappa shape index (κ3) is 0.499. The Labute approximate surface area is 129 Å². The highest BCUT2D eigenvalue weighted by Crippen LogP contribution is 3.14. The van der Waals surface area contributed by atoms with Crippen molar-refractivity contribution in [2.45, 2.75) is 54.4 Å². The average Bonchev–Trinajstić information content (AvgIpc) is 2.91. The Hall–Kier alpha value is 0. The van der Waals surface area contributed by atoms with Crippen LogP contribution in [0, 0.1) is 74.4 Å². The highest BCUT2D eigenvalue weighted by molar-refractivity contribution is 5.56. The average molecular weight is 282 g/mol. The molecule has 7 fully saturated rings. The van der Waals surface area contributed by atoms with Gasteiger partial charge in [0.1, 0.15) is 0 Å². The lowest BCUT2D eigenvalue weighted by Crippen LogP contribution is -3.01. The van der Waals surface area contributed by atoms with Crippen molar-refractivity contribution in [1.82, 2.24) is 0 Å². The second-order valence-electron chi connectivity index (χ2n) is 11.2. The van der Waals surface area contributed by atoms with E-state index in [0.717, 1.165) is 63.6 Å². The Kier molecular flexibility index (Phi) is 1.26. The number of hydrogen-bond acceptors (Lipinski definition) is 0. The molecule has 7 aliphatic rings. The fourth-order valence-corrected chi connectivity index (χ4v) is 13.5. The number of hydrogen-bond donors (Lipinski definition) is 0. The molecule has 3 spiro atoms. The second kappa shape index (κ2) is 2.30. The second-order valence-corrected chi connectivity index (χ2v) is 11.2. The molecule has 13 atom stereocenters. The Morgan fingerprint density at radius 3 is 2.29 bits per heavy atom. The molecule has 114 valence electrons. The molecular formula is C21H30. The van der Waals surface area contributed by atoms with Crippen molar-refractivity contribution in [1.29, 1.82) is 0 Å². The lowest BCUT2D eigenvalue weighted by atomic mass is 8.99. The van der Waals surface area contributed by atoms with E-state index in [0.29, 0.717) is 10.8 Å². The summed E-state index contributed by atoms with van der Waals surface area (Å²) in [7, 11) is 0. The molecule has 0 heterocycles. The maximum absolute atomic E-state index is 2.78. The zero-order valence-corrected chi connectivity index (χ0v) is 14.5. The molecule has 0 saturated heterocycles. The van der Waals surface area contributed by atoms with Gasteiger partial charge in [0, 0.05) is 0 Å². The summed E-state index contributed by atoms with van der Waals surface area (Å²) in [5.74, 6) is 8.58. The Balaban J connectivity index is 1.65. The van der Waals surface area contributed by atoms with Gasteiger partial charge in [0.15, 0.2) is 0 Å². The predicted octanol–water partition coefficient (Wildman–Crippen LogP) is 4.84. The molecule has 0 radical (unpaired) electrons. The normalized spacial score (nSPS) is 90.0. The summed E-state index contributed by atoms with van der Waals surface area (Å²) < 4.78 is 0. The molecular weight excluding hydrogens is 252 g/mol. The first-order chi connectivity index (χ1) is 9.81. The molecule has 0 heteroatoms. The minimum Gasteiger partial charge on any atom is -0.0622 e. The maximum Gasteiger partial charge on any atom is -0.0108 e. The van der Waals surface area contributed by atoms with E-state index in [2.05, 4.69) is 41.5 Å². The van der Waals surface area contributed by atoms with Crippen LogP contribution in [-0.2, 0) is 0 Å². The van der Waals surface area contributed by atoms with Crippen LogP contribution in [0.3, 0.4) is 0 Å². The molecule has 0 N–H and O–H groups in total. The zero-order valence-electron chi connectivity index (χ0n) is 14.5. The van der Waals surface area contributed by atoms with Crippen molar-refractivity contribution in [2.75, 3.05) is 0 Å². The van der Waals surface area contributed by atoms with Gasteiger partial charge in [-0.05, 0) is 87.3 Å². The van der Waals surface area contributed by atoms with Crippen LogP contribution in [0.5, 0.6) is 0 Å². The minimum absolute atomic E-state index is 0.684. The van der Waals surface area contributed by atoms with Crippen LogP contribution in [0.2, 0.25) is 0 Å². The van der Waals surface area contributed by atoms with Crippen molar-refractivity contribution in [2.24, 2.45) is 74.4 Å². The van der Waals surface area contributed by atoms with Crippen LogP contribution >= 0.6 is 0 Å². The van der Waals surface area contributed by atoms with Gasteiger partial charge < -0.3 is 0 Å². The summed E-state index contributed by atoms with van der Waals surface area (Å²) in [6.07, 6.45) is 3.26. The molecule has 0 aromatic rings. The first-order valence-electron chi connectivity index (χ1n) is 9.81. The van der Waals surface area contributed by atoms with Crippen molar-refractivity contribution in [3.05, 3.63) is 0 Å². The summed E-state index contributed by atoms with van der Waals surface area (Å²) in [5, 5.41) is 0. The van der Waals surface area contributed by atoms with Crippen LogP contribution in [0.1, 0.15) is 54.4 Å². The molecule has 0 aromatic heterocycles. The van der Waals surface area contributed by atoms with E-state index in [4.69, 9.17) is 0 Å². The Morgan fingerprint density at radius 2 is 1.57 bits per heavy atom. The molecule has 13 unspecified atom stereocenters. The summed E-state index contributed by atoms with van der Waals surface area (Å²) in [6.45, 7) is 16.2. The van der Waals surface area contributed by atoms with Gasteiger partial charge in [-0.1, -0.05) is 41.5 Å². The molecule has 0 amide bonds. The molecule has 7 rings (SSSR count). The monoisotopic (exact) mass is 282 g/mol. The van der Waals surface area contributed by atoms with Gasteiger partial charge in [-0.15, -0.1) is 0 Å². The van der Waals surface area contributed by atoms with Gasteiger partial charge in [-0.25, -0.2) is 0 Å². The first kappa shape index (κ1) is 11.5. The van der Waals surface area contributed by atoms with Crippen LogP contribution in [0.15, 0.2) is 0 Å². The summed E-state index contributed by atoms with van der Waals surface area (Å²) in [5.41, 5.74) is 3.85. The fourth-order valence-electron chi connectivity index (χ4n) is 13.5. The van der Waals surface area contributed by atoms with E-state index >= 15 is 0 Å². The fraction of sp³-hybridized carbons (Fsp3) is 1.00. The first-order valence-corrected chi connectivity index (χ1v) is 9.81. The predicted molar refractivity (Wildman–Crippen MR) is 83.4 cm³/mol. The van der Waals surface area contributed by atoms with Crippen molar-refractivity contribution < 1.29 is 0 Å². The Morgan fingerprint density at radius 1 is 0.857 bits per heavy atom. The third-order valence-electron chi connectivity index (χ3n) is 13.0. The maximum atomic E-state index is 2.78. The molecule has 0 aliphatic heterocycles. The largest absolute Gasteiger partial charge is 0.0622 e. The van der Waals surface area contributed by atoms with E-state index < -0.39 is 0 Å². The van der Waals surface area contributed by atoms with E-state index in [-0.39, 0.29) is 0 Å². The van der Waals surface area contributed by atoms with Crippen LogP contribution in [0.4, 0.5) is 0 Å². The van der Waals surface area contributed by atoms with E-state index in [9.17, 15) is 0 Å². The molecule has 21 heavy (non-hydrogen) atoms. The van der Waals surface area contributed by atoms with Crippen molar-refractivity contribution >= 4 is 0 Å². The van der Waals surface area contributed by atoms with Crippen LogP contribution in [-0.4, -0.2) is 0 Å². The molecule has 5 bridgehead atoms. The summed E-state index contributed by atoms with van der Waals surface area (Å²) >= 11 is 0. The quantitative estimate of drug-likeness (QED) is 0.596. The van der Waals surface area contributed by atoms with Crippen LogP contribution in [0.25, 0.3) is 0 Å². The third-order valence-corrected chi connectivity index (χ3v) is 13.0. The molecule has 7 saturated carbocycles. The minimum atomic E-state index is 0.684. The Bertz CT molecular complexity index is 646. The smallest absolute Gasteiger partial charge is 0.0108 e. The highest BCUT2D eigenvalue weighted by Gasteiger charge is 3.10. The van der Waals surface area contributed by atoms with Gasteiger partial charge in [0.25, 0.3) is 0 Å².